The smallest absolute Gasteiger partial charge is 0.224 e. The van der Waals surface area contributed by atoms with Gasteiger partial charge in [-0.1, -0.05) is 6.92 Å². The lowest BCUT2D eigenvalue weighted by molar-refractivity contribution is -0.123. The van der Waals surface area contributed by atoms with Crippen molar-refractivity contribution in [2.24, 2.45) is 5.92 Å². The van der Waals surface area contributed by atoms with Gasteiger partial charge in [-0.25, -0.2) is 0 Å². The Morgan fingerprint density at radius 1 is 1.48 bits per heavy atom. The molecule has 21 heavy (non-hydrogen) atoms. The highest BCUT2D eigenvalue weighted by Crippen LogP contribution is 2.33. The summed E-state index contributed by atoms with van der Waals surface area (Å²) in [6.45, 7) is 2.42. The summed E-state index contributed by atoms with van der Waals surface area (Å²) in [5.74, 6) is -0.128. The van der Waals surface area contributed by atoms with E-state index in [-0.39, 0.29) is 17.7 Å². The fraction of sp³-hybridized carbons (Fsp3) is 0.467. The molecule has 1 aromatic carbocycles. The van der Waals surface area contributed by atoms with Crippen LogP contribution in [0, 0.1) is 5.92 Å². The van der Waals surface area contributed by atoms with Crippen molar-refractivity contribution in [3.8, 4) is 0 Å². The van der Waals surface area contributed by atoms with E-state index in [1.807, 2.05) is 31.0 Å². The molecule has 0 radical (unpaired) electrons. The molecule has 1 aliphatic rings. The fourth-order valence-electron chi connectivity index (χ4n) is 2.61. The topological polar surface area (TPSA) is 87.5 Å². The van der Waals surface area contributed by atoms with Crippen LogP contribution < -0.4 is 21.3 Å². The third-order valence-electron chi connectivity index (χ3n) is 3.80. The second-order valence-corrected chi connectivity index (χ2v) is 5.51. The van der Waals surface area contributed by atoms with E-state index in [0.29, 0.717) is 25.1 Å². The molecule has 1 atom stereocenters. The first-order chi connectivity index (χ1) is 9.92. The Bertz CT molecular complexity index is 571. The summed E-state index contributed by atoms with van der Waals surface area (Å²) in [5, 5.41) is 5.51. The van der Waals surface area contributed by atoms with Crippen molar-refractivity contribution >= 4 is 28.9 Å². The van der Waals surface area contributed by atoms with Gasteiger partial charge in [0.1, 0.15) is 0 Å². The summed E-state index contributed by atoms with van der Waals surface area (Å²) in [5.41, 5.74) is 9.47. The molecule has 4 N–H and O–H groups in total. The molecule has 1 aliphatic heterocycles. The maximum absolute atomic E-state index is 11.6. The minimum Gasteiger partial charge on any atom is -0.397 e. The van der Waals surface area contributed by atoms with Gasteiger partial charge in [0.15, 0.2) is 0 Å². The summed E-state index contributed by atoms with van der Waals surface area (Å²) in [4.78, 5) is 25.0. The van der Waals surface area contributed by atoms with Gasteiger partial charge in [-0.2, -0.15) is 0 Å². The molecule has 6 heteroatoms. The molecular weight excluding hydrogens is 268 g/mol. The first-order valence-corrected chi connectivity index (χ1v) is 7.07. The summed E-state index contributed by atoms with van der Waals surface area (Å²) in [6, 6.07) is 3.80. The van der Waals surface area contributed by atoms with Crippen LogP contribution in [0.25, 0.3) is 0 Å². The monoisotopic (exact) mass is 290 g/mol. The number of carbonyl (C=O) groups excluding carboxylic acids is 2. The lowest BCUT2D eigenvalue weighted by Crippen LogP contribution is -2.34. The molecule has 0 saturated carbocycles. The number of anilines is 3. The van der Waals surface area contributed by atoms with Crippen LogP contribution in [-0.4, -0.2) is 32.5 Å². The maximum atomic E-state index is 11.6. The number of nitrogens with two attached hydrogens (primary N) is 1. The number of nitrogens with zero attached hydrogens (tertiary/aromatic N) is 1. The summed E-state index contributed by atoms with van der Waals surface area (Å²) < 4.78 is 0. The van der Waals surface area contributed by atoms with Gasteiger partial charge in [0, 0.05) is 32.7 Å². The lowest BCUT2D eigenvalue weighted by atomic mass is 10.0. The van der Waals surface area contributed by atoms with E-state index < -0.39 is 0 Å². The van der Waals surface area contributed by atoms with E-state index in [4.69, 9.17) is 5.73 Å². The largest absolute Gasteiger partial charge is 0.397 e. The highest BCUT2D eigenvalue weighted by atomic mass is 16.2. The molecule has 0 aliphatic carbocycles. The van der Waals surface area contributed by atoms with Gasteiger partial charge in [0.2, 0.25) is 11.8 Å². The van der Waals surface area contributed by atoms with Crippen molar-refractivity contribution in [1.82, 2.24) is 5.32 Å². The molecule has 1 unspecified atom stereocenters. The van der Waals surface area contributed by atoms with Crippen molar-refractivity contribution in [3.63, 3.8) is 0 Å². The van der Waals surface area contributed by atoms with Crippen molar-refractivity contribution in [1.29, 1.82) is 0 Å². The van der Waals surface area contributed by atoms with Gasteiger partial charge in [-0.05, 0) is 24.1 Å². The summed E-state index contributed by atoms with van der Waals surface area (Å²) in [7, 11) is 3.52. The second-order valence-electron chi connectivity index (χ2n) is 5.51. The predicted molar refractivity (Wildman–Crippen MR) is 84.3 cm³/mol. The van der Waals surface area contributed by atoms with Gasteiger partial charge in [0.05, 0.1) is 17.3 Å². The number of aryl methyl sites for hydroxylation is 1. The lowest BCUT2D eigenvalue weighted by Gasteiger charge is -2.26. The molecule has 0 aromatic heterocycles. The Balaban J connectivity index is 2.21. The molecule has 2 rings (SSSR count). The van der Waals surface area contributed by atoms with Gasteiger partial charge in [-0.15, -0.1) is 0 Å². The highest BCUT2D eigenvalue weighted by molar-refractivity contribution is 5.95. The molecule has 6 nitrogen and oxygen atoms in total. The van der Waals surface area contributed by atoms with Gasteiger partial charge >= 0.3 is 0 Å². The van der Waals surface area contributed by atoms with Crippen LogP contribution in [0.1, 0.15) is 18.9 Å². The van der Waals surface area contributed by atoms with Gasteiger partial charge in [-0.3, -0.25) is 9.59 Å². The number of hydrogen-bond donors (Lipinski definition) is 3. The number of fused-ring (bicyclic) bond motifs is 1. The molecule has 2 amide bonds. The van der Waals surface area contributed by atoms with Crippen LogP contribution in [0.15, 0.2) is 12.1 Å². The standard InChI is InChI=1S/C15H22N4O2/c1-9(15(21)17-2)8-19(3)13-7-12-10(6-11(13)16)4-5-14(20)18-12/h6-7,9H,4-5,8,16H2,1-3H3,(H,17,21)(H,18,20). The Hall–Kier alpha value is -2.24. The van der Waals surface area contributed by atoms with E-state index in [2.05, 4.69) is 10.6 Å². The van der Waals surface area contributed by atoms with Gasteiger partial charge in [0.25, 0.3) is 0 Å². The van der Waals surface area contributed by atoms with Crippen LogP contribution in [0.2, 0.25) is 0 Å². The number of benzene rings is 1. The number of rotatable bonds is 4. The molecule has 0 fully saturated rings. The number of carbonyl (C=O) groups is 2. The van der Waals surface area contributed by atoms with E-state index in [1.54, 1.807) is 7.05 Å². The highest BCUT2D eigenvalue weighted by Gasteiger charge is 2.20. The minimum absolute atomic E-state index is 0.00770. The zero-order valence-electron chi connectivity index (χ0n) is 12.7. The third kappa shape index (κ3) is 3.26. The second kappa shape index (κ2) is 6.03. The summed E-state index contributed by atoms with van der Waals surface area (Å²) >= 11 is 0. The zero-order valence-corrected chi connectivity index (χ0v) is 12.7. The minimum atomic E-state index is -0.148. The van der Waals surface area contributed by atoms with Crippen molar-refractivity contribution < 1.29 is 9.59 Å². The Morgan fingerprint density at radius 2 is 2.19 bits per heavy atom. The SMILES string of the molecule is CNC(=O)C(C)CN(C)c1cc2c(cc1N)CCC(=O)N2. The maximum Gasteiger partial charge on any atom is 0.224 e. The zero-order chi connectivity index (χ0) is 15.6. The Labute approximate surface area is 124 Å². The summed E-state index contributed by atoms with van der Waals surface area (Å²) in [6.07, 6.45) is 1.21. The van der Waals surface area contributed by atoms with Crippen molar-refractivity contribution in [2.75, 3.05) is 36.6 Å². The van der Waals surface area contributed by atoms with Crippen molar-refractivity contribution in [3.05, 3.63) is 17.7 Å². The van der Waals surface area contributed by atoms with Gasteiger partial charge < -0.3 is 21.3 Å². The van der Waals surface area contributed by atoms with Crippen LogP contribution >= 0.6 is 0 Å². The molecule has 1 heterocycles. The first-order valence-electron chi connectivity index (χ1n) is 7.07. The Morgan fingerprint density at radius 3 is 2.86 bits per heavy atom. The Kier molecular flexibility index (Phi) is 4.35. The predicted octanol–water partition coefficient (Wildman–Crippen LogP) is 0.972. The van der Waals surface area contributed by atoms with Crippen LogP contribution in [-0.2, 0) is 16.0 Å². The van der Waals surface area contributed by atoms with Crippen molar-refractivity contribution in [2.45, 2.75) is 19.8 Å². The molecule has 114 valence electrons. The molecule has 1 aromatic rings. The number of amides is 2. The van der Waals surface area contributed by atoms with E-state index in [0.717, 1.165) is 16.9 Å². The van der Waals surface area contributed by atoms with E-state index in [1.165, 1.54) is 0 Å². The van der Waals surface area contributed by atoms with Crippen LogP contribution in [0.3, 0.4) is 0 Å². The van der Waals surface area contributed by atoms with Crippen LogP contribution in [0.4, 0.5) is 17.1 Å². The average Bonchev–Trinajstić information content (AvgIpc) is 2.45. The van der Waals surface area contributed by atoms with Crippen LogP contribution in [0.5, 0.6) is 0 Å². The average molecular weight is 290 g/mol. The molecule has 0 spiro atoms. The quantitative estimate of drug-likeness (QED) is 0.721. The third-order valence-corrected chi connectivity index (χ3v) is 3.80. The normalized spacial score (nSPS) is 14.9. The number of nitrogen functional groups attached to an aromatic ring is 1. The van der Waals surface area contributed by atoms with E-state index in [9.17, 15) is 9.59 Å². The molecule has 0 bridgehead atoms. The first kappa shape index (κ1) is 15.2. The number of hydrogen-bond acceptors (Lipinski definition) is 4. The molecular formula is C15H22N4O2. The number of nitrogens with one attached hydrogen (secondary N) is 2. The molecule has 0 saturated heterocycles. The van der Waals surface area contributed by atoms with E-state index >= 15 is 0 Å². The fourth-order valence-corrected chi connectivity index (χ4v) is 2.61.